The molecule has 0 aromatic carbocycles. The van der Waals surface area contributed by atoms with Gasteiger partial charge in [-0.05, 0) is 32.4 Å². The SMILES string of the molecule is CC=C(C=C(C)C(=O)O)C(C)[O]. The molecule has 1 unspecified atom stereocenters. The van der Waals surface area contributed by atoms with E-state index in [-0.39, 0.29) is 5.57 Å². The van der Waals surface area contributed by atoms with Gasteiger partial charge in [-0.3, -0.25) is 0 Å². The summed E-state index contributed by atoms with van der Waals surface area (Å²) < 4.78 is 0. The molecule has 0 amide bonds. The Morgan fingerprint density at radius 1 is 1.50 bits per heavy atom. The van der Waals surface area contributed by atoms with Crippen molar-refractivity contribution >= 4 is 5.97 Å². The Labute approximate surface area is 72.0 Å². The molecule has 0 aromatic heterocycles. The van der Waals surface area contributed by atoms with Crippen LogP contribution in [0.3, 0.4) is 0 Å². The van der Waals surface area contributed by atoms with E-state index in [1.165, 1.54) is 19.9 Å². The number of hydrogen-bond acceptors (Lipinski definition) is 1. The molecular formula is C9H13O3. The molecule has 0 aliphatic heterocycles. The molecule has 0 rings (SSSR count). The summed E-state index contributed by atoms with van der Waals surface area (Å²) >= 11 is 0. The zero-order valence-electron chi connectivity index (χ0n) is 7.50. The normalized spacial score (nSPS) is 16.0. The second-order valence-electron chi connectivity index (χ2n) is 2.56. The van der Waals surface area contributed by atoms with Crippen LogP contribution in [0, 0.1) is 0 Å². The Morgan fingerprint density at radius 2 is 2.00 bits per heavy atom. The molecule has 1 atom stereocenters. The lowest BCUT2D eigenvalue weighted by Gasteiger charge is -2.02. The van der Waals surface area contributed by atoms with Crippen LogP contribution in [0.5, 0.6) is 0 Å². The second kappa shape index (κ2) is 4.72. The predicted molar refractivity (Wildman–Crippen MR) is 45.3 cm³/mol. The minimum Gasteiger partial charge on any atom is -0.478 e. The van der Waals surface area contributed by atoms with Gasteiger partial charge >= 0.3 is 5.97 Å². The van der Waals surface area contributed by atoms with E-state index in [9.17, 15) is 9.90 Å². The number of carbonyl (C=O) groups is 1. The van der Waals surface area contributed by atoms with Crippen molar-refractivity contribution in [1.82, 2.24) is 0 Å². The van der Waals surface area contributed by atoms with Crippen molar-refractivity contribution in [3.05, 3.63) is 23.3 Å². The van der Waals surface area contributed by atoms with Crippen LogP contribution in [0.4, 0.5) is 0 Å². The van der Waals surface area contributed by atoms with E-state index in [1.54, 1.807) is 13.0 Å². The first-order valence-corrected chi connectivity index (χ1v) is 3.72. The number of rotatable bonds is 3. The van der Waals surface area contributed by atoms with Crippen LogP contribution in [-0.2, 0) is 9.90 Å². The van der Waals surface area contributed by atoms with Crippen LogP contribution in [0.1, 0.15) is 20.8 Å². The third kappa shape index (κ3) is 3.34. The third-order valence-electron chi connectivity index (χ3n) is 1.52. The maximum atomic E-state index is 10.9. The molecule has 0 aliphatic carbocycles. The third-order valence-corrected chi connectivity index (χ3v) is 1.52. The van der Waals surface area contributed by atoms with Crippen LogP contribution >= 0.6 is 0 Å². The minimum absolute atomic E-state index is 0.186. The van der Waals surface area contributed by atoms with E-state index in [0.717, 1.165) is 0 Å². The summed E-state index contributed by atoms with van der Waals surface area (Å²) in [6.45, 7) is 4.67. The summed E-state index contributed by atoms with van der Waals surface area (Å²) in [6, 6.07) is 0. The van der Waals surface area contributed by atoms with Gasteiger partial charge < -0.3 is 5.11 Å². The molecule has 0 aliphatic rings. The highest BCUT2D eigenvalue weighted by molar-refractivity contribution is 5.86. The maximum absolute atomic E-state index is 10.9. The monoisotopic (exact) mass is 169 g/mol. The predicted octanol–water partition coefficient (Wildman–Crippen LogP) is 1.78. The van der Waals surface area contributed by atoms with Crippen molar-refractivity contribution in [2.45, 2.75) is 26.9 Å². The molecule has 0 spiro atoms. The molecule has 12 heavy (non-hydrogen) atoms. The van der Waals surface area contributed by atoms with Gasteiger partial charge in [0.25, 0.3) is 0 Å². The van der Waals surface area contributed by atoms with Crippen LogP contribution in [0.25, 0.3) is 0 Å². The lowest BCUT2D eigenvalue weighted by atomic mass is 10.1. The quantitative estimate of drug-likeness (QED) is 0.517. The highest BCUT2D eigenvalue weighted by atomic mass is 16.4. The second-order valence-corrected chi connectivity index (χ2v) is 2.56. The molecule has 3 heteroatoms. The zero-order chi connectivity index (χ0) is 9.72. The first kappa shape index (κ1) is 10.9. The largest absolute Gasteiger partial charge is 0.478 e. The van der Waals surface area contributed by atoms with Crippen molar-refractivity contribution in [3.63, 3.8) is 0 Å². The minimum atomic E-state index is -0.991. The summed E-state index contributed by atoms with van der Waals surface area (Å²) in [5.41, 5.74) is 0.695. The fourth-order valence-corrected chi connectivity index (χ4v) is 0.747. The van der Waals surface area contributed by atoms with Crippen LogP contribution in [0.15, 0.2) is 23.3 Å². The molecular weight excluding hydrogens is 156 g/mol. The van der Waals surface area contributed by atoms with Crippen molar-refractivity contribution in [2.75, 3.05) is 0 Å². The van der Waals surface area contributed by atoms with Crippen molar-refractivity contribution < 1.29 is 15.0 Å². The summed E-state index contributed by atoms with van der Waals surface area (Å²) in [4.78, 5) is 10.4. The summed E-state index contributed by atoms with van der Waals surface area (Å²) in [6.07, 6.45) is 2.16. The van der Waals surface area contributed by atoms with Gasteiger partial charge in [0.05, 0.1) is 0 Å². The van der Waals surface area contributed by atoms with Gasteiger partial charge in [-0.1, -0.05) is 6.08 Å². The molecule has 0 fully saturated rings. The van der Waals surface area contributed by atoms with Crippen molar-refractivity contribution in [1.29, 1.82) is 0 Å². The Morgan fingerprint density at radius 3 is 2.25 bits per heavy atom. The molecule has 1 radical (unpaired) electrons. The molecule has 67 valence electrons. The Kier molecular flexibility index (Phi) is 4.29. The van der Waals surface area contributed by atoms with Gasteiger partial charge in [0, 0.05) is 5.57 Å². The summed E-state index contributed by atoms with van der Waals surface area (Å²) in [5.74, 6) is -0.991. The van der Waals surface area contributed by atoms with Gasteiger partial charge in [0.2, 0.25) is 0 Å². The average molecular weight is 169 g/mol. The fourth-order valence-electron chi connectivity index (χ4n) is 0.747. The fraction of sp³-hybridized carbons (Fsp3) is 0.444. The highest BCUT2D eigenvalue weighted by Gasteiger charge is 2.05. The van der Waals surface area contributed by atoms with Gasteiger partial charge in [-0.25, -0.2) is 9.90 Å². The lowest BCUT2D eigenvalue weighted by Crippen LogP contribution is -2.03. The van der Waals surface area contributed by atoms with E-state index in [4.69, 9.17) is 5.11 Å². The standard InChI is InChI=1S/C9H13O3/c1-4-8(7(3)10)5-6(2)9(11)12/h4-5,7H,1-3H3,(H,11,12). The maximum Gasteiger partial charge on any atom is 0.331 e. The average Bonchev–Trinajstić information content (AvgIpc) is 1.98. The van der Waals surface area contributed by atoms with Gasteiger partial charge in [0.1, 0.15) is 6.10 Å². The molecule has 3 nitrogen and oxygen atoms in total. The lowest BCUT2D eigenvalue weighted by molar-refractivity contribution is -0.132. The van der Waals surface area contributed by atoms with Gasteiger partial charge in [0.15, 0.2) is 0 Å². The van der Waals surface area contributed by atoms with Gasteiger partial charge in [-0.15, -0.1) is 0 Å². The molecule has 0 heterocycles. The Hall–Kier alpha value is -1.09. The number of allylic oxidation sites excluding steroid dienone is 1. The van der Waals surface area contributed by atoms with Gasteiger partial charge in [-0.2, -0.15) is 0 Å². The molecule has 0 saturated heterocycles. The van der Waals surface area contributed by atoms with Crippen molar-refractivity contribution in [3.8, 4) is 0 Å². The first-order chi connectivity index (χ1) is 5.49. The van der Waals surface area contributed by atoms with E-state index < -0.39 is 12.1 Å². The first-order valence-electron chi connectivity index (χ1n) is 3.72. The van der Waals surface area contributed by atoms with E-state index in [0.29, 0.717) is 5.57 Å². The van der Waals surface area contributed by atoms with E-state index in [1.807, 2.05) is 0 Å². The van der Waals surface area contributed by atoms with Crippen LogP contribution in [-0.4, -0.2) is 17.2 Å². The summed E-state index contributed by atoms with van der Waals surface area (Å²) in [7, 11) is 0. The van der Waals surface area contributed by atoms with Crippen LogP contribution < -0.4 is 0 Å². The number of carboxylic acids is 1. The Balaban J connectivity index is 4.60. The molecule has 1 N–H and O–H groups in total. The van der Waals surface area contributed by atoms with Crippen molar-refractivity contribution in [2.24, 2.45) is 0 Å². The van der Waals surface area contributed by atoms with Crippen LogP contribution in [0.2, 0.25) is 0 Å². The number of carboxylic acid groups (broad SMARTS) is 1. The number of hydrogen-bond donors (Lipinski definition) is 1. The molecule has 0 saturated carbocycles. The Bertz CT molecular complexity index is 224. The van der Waals surface area contributed by atoms with E-state index >= 15 is 0 Å². The highest BCUT2D eigenvalue weighted by Crippen LogP contribution is 2.07. The topological polar surface area (TPSA) is 57.2 Å². The molecule has 0 aromatic rings. The molecule has 0 bridgehead atoms. The summed E-state index contributed by atoms with van der Waals surface area (Å²) in [5, 5.41) is 19.4. The number of aliphatic carboxylic acids is 1. The zero-order valence-corrected chi connectivity index (χ0v) is 7.50. The van der Waals surface area contributed by atoms with E-state index in [2.05, 4.69) is 0 Å². The smallest absolute Gasteiger partial charge is 0.331 e.